The molecule has 0 aromatic heterocycles. The molecule has 0 spiro atoms. The molecule has 3 atom stereocenters. The van der Waals surface area contributed by atoms with Gasteiger partial charge in [0, 0.05) is 34.1 Å². The third kappa shape index (κ3) is 6.76. The molecule has 2 fully saturated rings. The standard InChI is InChI=1S/C48H66N2Si/c1-8-10-31-48(32-11-9-2)44-34-40(49(37-21-15-12-16-22-37)38-23-17-13-18-24-38)28-29-41(44)43-33-36-27-30-46(42(36)35-45(43)48)51(6,7)50(47(3,4)5)39-25-19-14-20-26-39/h12-13,15-18,21-24,28-29,33-36,39,42,46H,8-11,14,19-20,25-27,30-32H2,1-7H3. The number of para-hydroxylation sites is 2. The number of hydrogen-bond donors (Lipinski definition) is 0. The average Bonchev–Trinajstić information content (AvgIpc) is 3.67. The van der Waals surface area contributed by atoms with Crippen LogP contribution in [0.4, 0.5) is 17.1 Å². The molecule has 3 aromatic rings. The van der Waals surface area contributed by atoms with Crippen molar-refractivity contribution in [3.05, 3.63) is 108 Å². The van der Waals surface area contributed by atoms with Crippen LogP contribution in [0.2, 0.25) is 18.6 Å². The van der Waals surface area contributed by atoms with Crippen LogP contribution in [0.1, 0.15) is 129 Å². The topological polar surface area (TPSA) is 6.48 Å². The van der Waals surface area contributed by atoms with E-state index in [0.29, 0.717) is 11.8 Å². The molecule has 2 nitrogen and oxygen atoms in total. The van der Waals surface area contributed by atoms with Gasteiger partial charge in [0.05, 0.1) is 0 Å². The van der Waals surface area contributed by atoms with Crippen LogP contribution in [-0.2, 0) is 5.41 Å². The zero-order valence-electron chi connectivity index (χ0n) is 33.1. The van der Waals surface area contributed by atoms with Gasteiger partial charge in [-0.05, 0) is 129 Å². The number of benzene rings is 3. The minimum atomic E-state index is -1.80. The second-order valence-electron chi connectivity index (χ2n) is 18.1. The lowest BCUT2D eigenvalue weighted by molar-refractivity contribution is 0.140. The Morgan fingerprint density at radius 3 is 1.88 bits per heavy atom. The lowest BCUT2D eigenvalue weighted by Gasteiger charge is -2.55. The highest BCUT2D eigenvalue weighted by Crippen LogP contribution is 2.62. The molecule has 4 aliphatic rings. The molecule has 272 valence electrons. The lowest BCUT2D eigenvalue weighted by Crippen LogP contribution is -2.64. The summed E-state index contributed by atoms with van der Waals surface area (Å²) in [6.45, 7) is 17.9. The quantitative estimate of drug-likeness (QED) is 0.174. The summed E-state index contributed by atoms with van der Waals surface area (Å²) in [6, 6.07) is 30.3. The van der Waals surface area contributed by atoms with Crippen LogP contribution in [0.25, 0.3) is 5.57 Å². The fourth-order valence-electron chi connectivity index (χ4n) is 11.6. The maximum Gasteiger partial charge on any atom is 0.126 e. The first-order valence-electron chi connectivity index (χ1n) is 20.9. The van der Waals surface area contributed by atoms with Crippen molar-refractivity contribution in [1.82, 2.24) is 4.57 Å². The molecule has 0 heterocycles. The van der Waals surface area contributed by atoms with Crippen LogP contribution in [0, 0.1) is 11.8 Å². The Morgan fingerprint density at radius 2 is 1.31 bits per heavy atom. The Bertz CT molecular complexity index is 1640. The van der Waals surface area contributed by atoms with Crippen molar-refractivity contribution in [3.63, 3.8) is 0 Å². The van der Waals surface area contributed by atoms with Gasteiger partial charge in [0.15, 0.2) is 0 Å². The first kappa shape index (κ1) is 36.5. The monoisotopic (exact) mass is 698 g/mol. The predicted octanol–water partition coefficient (Wildman–Crippen LogP) is 14.1. The van der Waals surface area contributed by atoms with E-state index in [1.54, 1.807) is 16.7 Å². The maximum atomic E-state index is 3.16. The summed E-state index contributed by atoms with van der Waals surface area (Å²) >= 11 is 0. The highest BCUT2D eigenvalue weighted by Gasteiger charge is 2.54. The molecular formula is C48H66N2Si. The summed E-state index contributed by atoms with van der Waals surface area (Å²) in [6.07, 6.45) is 23.1. The van der Waals surface area contributed by atoms with E-state index in [9.17, 15) is 0 Å². The van der Waals surface area contributed by atoms with Crippen molar-refractivity contribution in [2.24, 2.45) is 11.8 Å². The third-order valence-electron chi connectivity index (χ3n) is 13.5. The number of allylic oxidation sites excluding steroid dienone is 4. The molecule has 0 bridgehead atoms. The molecule has 51 heavy (non-hydrogen) atoms. The molecule has 0 radical (unpaired) electrons. The number of fused-ring (bicyclic) bond motifs is 4. The first-order chi connectivity index (χ1) is 24.6. The predicted molar refractivity (Wildman–Crippen MR) is 224 cm³/mol. The SMILES string of the molecule is CCCCC1(CCCC)C2=CC3C(C=C2c2ccc(N(c4ccccc4)c4ccccc4)cc21)CCC3[Si](C)(C)N(C1CCCCC1)C(C)(C)C. The number of anilines is 3. The van der Waals surface area contributed by atoms with Crippen molar-refractivity contribution >= 4 is 30.9 Å². The molecule has 0 amide bonds. The van der Waals surface area contributed by atoms with Gasteiger partial charge >= 0.3 is 0 Å². The van der Waals surface area contributed by atoms with Crippen LogP contribution in [-0.4, -0.2) is 24.4 Å². The van der Waals surface area contributed by atoms with E-state index in [2.05, 4.69) is 148 Å². The maximum absolute atomic E-state index is 3.16. The summed E-state index contributed by atoms with van der Waals surface area (Å²) in [4.78, 5) is 2.47. The smallest absolute Gasteiger partial charge is 0.126 e. The van der Waals surface area contributed by atoms with Gasteiger partial charge in [-0.1, -0.05) is 133 Å². The summed E-state index contributed by atoms with van der Waals surface area (Å²) in [7, 11) is -1.80. The molecule has 4 aliphatic carbocycles. The Kier molecular flexibility index (Phi) is 10.6. The molecule has 0 N–H and O–H groups in total. The van der Waals surface area contributed by atoms with E-state index >= 15 is 0 Å². The molecule has 7 rings (SSSR count). The molecule has 0 saturated heterocycles. The highest BCUT2D eigenvalue weighted by molar-refractivity contribution is 6.76. The van der Waals surface area contributed by atoms with Gasteiger partial charge in [0.2, 0.25) is 0 Å². The van der Waals surface area contributed by atoms with Crippen LogP contribution >= 0.6 is 0 Å². The van der Waals surface area contributed by atoms with E-state index in [4.69, 9.17) is 0 Å². The van der Waals surface area contributed by atoms with Gasteiger partial charge in [0.1, 0.15) is 8.24 Å². The average molecular weight is 699 g/mol. The van der Waals surface area contributed by atoms with Gasteiger partial charge in [-0.3, -0.25) is 0 Å². The third-order valence-corrected chi connectivity index (χ3v) is 18.3. The number of unbranched alkanes of at least 4 members (excludes halogenated alkanes) is 2. The summed E-state index contributed by atoms with van der Waals surface area (Å²) < 4.78 is 3.16. The molecule has 3 aromatic carbocycles. The van der Waals surface area contributed by atoms with Gasteiger partial charge in [-0.25, -0.2) is 0 Å². The molecule has 3 heteroatoms. The molecule has 3 unspecified atom stereocenters. The summed E-state index contributed by atoms with van der Waals surface area (Å²) in [5, 5.41) is 0. The van der Waals surface area contributed by atoms with Crippen molar-refractivity contribution in [2.45, 2.75) is 154 Å². The van der Waals surface area contributed by atoms with Gasteiger partial charge in [-0.15, -0.1) is 0 Å². The van der Waals surface area contributed by atoms with Crippen LogP contribution in [0.15, 0.2) is 96.6 Å². The number of hydrogen-bond acceptors (Lipinski definition) is 2. The Balaban J connectivity index is 1.34. The molecule has 2 saturated carbocycles. The van der Waals surface area contributed by atoms with E-state index < -0.39 is 8.24 Å². The van der Waals surface area contributed by atoms with Gasteiger partial charge in [-0.2, -0.15) is 0 Å². The Morgan fingerprint density at radius 1 is 0.706 bits per heavy atom. The van der Waals surface area contributed by atoms with E-state index in [-0.39, 0.29) is 11.0 Å². The second kappa shape index (κ2) is 14.9. The zero-order chi connectivity index (χ0) is 35.8. The summed E-state index contributed by atoms with van der Waals surface area (Å²) in [5.41, 5.74) is 11.2. The van der Waals surface area contributed by atoms with Crippen LogP contribution in [0.5, 0.6) is 0 Å². The van der Waals surface area contributed by atoms with Crippen LogP contribution < -0.4 is 4.90 Å². The van der Waals surface area contributed by atoms with Crippen molar-refractivity contribution in [3.8, 4) is 0 Å². The van der Waals surface area contributed by atoms with Gasteiger partial charge < -0.3 is 9.47 Å². The minimum Gasteiger partial charge on any atom is -0.316 e. The van der Waals surface area contributed by atoms with E-state index in [0.717, 1.165) is 11.6 Å². The lowest BCUT2D eigenvalue weighted by atomic mass is 9.68. The van der Waals surface area contributed by atoms with Crippen molar-refractivity contribution in [1.29, 1.82) is 0 Å². The van der Waals surface area contributed by atoms with E-state index in [1.807, 2.05) is 0 Å². The zero-order valence-corrected chi connectivity index (χ0v) is 34.1. The fourth-order valence-corrected chi connectivity index (χ4v) is 17.1. The number of nitrogens with zero attached hydrogens (tertiary/aromatic N) is 2. The highest BCUT2D eigenvalue weighted by atomic mass is 28.3. The van der Waals surface area contributed by atoms with Gasteiger partial charge in [0.25, 0.3) is 0 Å². The normalized spacial score (nSPS) is 23.0. The Hall–Kier alpha value is -2.88. The van der Waals surface area contributed by atoms with E-state index in [1.165, 1.54) is 106 Å². The summed E-state index contributed by atoms with van der Waals surface area (Å²) in [5.74, 6) is 1.33. The fraction of sp³-hybridized carbons (Fsp3) is 0.542. The molecular weight excluding hydrogens is 633 g/mol. The minimum absolute atomic E-state index is 0.0825. The van der Waals surface area contributed by atoms with Crippen LogP contribution in [0.3, 0.4) is 0 Å². The van der Waals surface area contributed by atoms with Crippen molar-refractivity contribution in [2.75, 3.05) is 4.90 Å². The largest absolute Gasteiger partial charge is 0.316 e. The number of rotatable bonds is 12. The second-order valence-corrected chi connectivity index (χ2v) is 22.6. The first-order valence-corrected chi connectivity index (χ1v) is 23.9. The van der Waals surface area contributed by atoms with Crippen molar-refractivity contribution < 1.29 is 0 Å². The molecule has 0 aliphatic heterocycles. The Labute approximate surface area is 312 Å².